The zero-order chi connectivity index (χ0) is 18.0. The van der Waals surface area contributed by atoms with Crippen molar-refractivity contribution >= 4 is 27.3 Å². The summed E-state index contributed by atoms with van der Waals surface area (Å²) in [5.41, 5.74) is -0.0381. The van der Waals surface area contributed by atoms with E-state index in [1.165, 1.54) is 0 Å². The van der Waals surface area contributed by atoms with E-state index in [0.717, 1.165) is 12.1 Å². The Labute approximate surface area is 148 Å². The van der Waals surface area contributed by atoms with Crippen molar-refractivity contribution in [3.05, 3.63) is 57.1 Å². The van der Waals surface area contributed by atoms with Crippen LogP contribution in [0, 0.1) is 10.1 Å². The zero-order valence-corrected chi connectivity index (χ0v) is 14.3. The normalized spacial score (nSPS) is 13.5. The van der Waals surface area contributed by atoms with Crippen LogP contribution in [0.25, 0.3) is 0 Å². The number of nitrogens with one attached hydrogen (secondary N) is 1. The molecule has 0 saturated heterocycles. The molecule has 132 valence electrons. The van der Waals surface area contributed by atoms with E-state index in [0.29, 0.717) is 10.6 Å². The third-order valence-electron chi connectivity index (χ3n) is 3.52. The highest BCUT2D eigenvalue weighted by molar-refractivity contribution is 7.89. The van der Waals surface area contributed by atoms with E-state index >= 15 is 0 Å². The SMILES string of the molecule is O=[N+]([O-])c1cc2c(cc1S(=O)(=O)NCc1ccccc1Cl)OCCO2. The van der Waals surface area contributed by atoms with Crippen molar-refractivity contribution < 1.29 is 22.8 Å². The Balaban J connectivity index is 1.96. The van der Waals surface area contributed by atoms with E-state index in [9.17, 15) is 18.5 Å². The number of hydrogen-bond acceptors (Lipinski definition) is 6. The number of nitro benzene ring substituents is 1. The molecule has 0 aliphatic carbocycles. The minimum Gasteiger partial charge on any atom is -0.486 e. The van der Waals surface area contributed by atoms with Gasteiger partial charge in [-0.15, -0.1) is 0 Å². The van der Waals surface area contributed by atoms with Gasteiger partial charge in [0.25, 0.3) is 5.69 Å². The predicted molar refractivity (Wildman–Crippen MR) is 89.6 cm³/mol. The molecule has 2 aromatic carbocycles. The number of nitrogens with zero attached hydrogens (tertiary/aromatic N) is 1. The molecule has 0 spiro atoms. The molecule has 0 saturated carbocycles. The Hall–Kier alpha value is -2.36. The van der Waals surface area contributed by atoms with Gasteiger partial charge < -0.3 is 9.47 Å². The summed E-state index contributed by atoms with van der Waals surface area (Å²) in [6.45, 7) is 0.367. The van der Waals surface area contributed by atoms with Crippen molar-refractivity contribution in [2.24, 2.45) is 0 Å². The summed E-state index contributed by atoms with van der Waals surface area (Å²) in [6.07, 6.45) is 0. The Morgan fingerprint density at radius 2 is 1.80 bits per heavy atom. The summed E-state index contributed by atoms with van der Waals surface area (Å²) in [7, 11) is -4.17. The largest absolute Gasteiger partial charge is 0.486 e. The van der Waals surface area contributed by atoms with Gasteiger partial charge in [-0.05, 0) is 11.6 Å². The lowest BCUT2D eigenvalue weighted by Crippen LogP contribution is -2.25. The van der Waals surface area contributed by atoms with Crippen LogP contribution >= 0.6 is 11.6 Å². The lowest BCUT2D eigenvalue weighted by molar-refractivity contribution is -0.388. The number of ether oxygens (including phenoxy) is 2. The van der Waals surface area contributed by atoms with Gasteiger partial charge in [-0.3, -0.25) is 10.1 Å². The standard InChI is InChI=1S/C15H13ClN2O6S/c16-11-4-2-1-3-10(11)9-17-25(21,22)15-8-14-13(23-5-6-24-14)7-12(15)18(19)20/h1-4,7-8,17H,5-6,9H2. The first-order valence-corrected chi connectivity index (χ1v) is 9.06. The summed E-state index contributed by atoms with van der Waals surface area (Å²) >= 11 is 6.00. The fourth-order valence-corrected chi connectivity index (χ4v) is 3.68. The van der Waals surface area contributed by atoms with E-state index in [1.54, 1.807) is 24.3 Å². The zero-order valence-electron chi connectivity index (χ0n) is 12.8. The Bertz CT molecular complexity index is 932. The van der Waals surface area contributed by atoms with Crippen LogP contribution in [0.15, 0.2) is 41.3 Å². The number of nitro groups is 1. The van der Waals surface area contributed by atoms with Crippen LogP contribution in [0.4, 0.5) is 5.69 Å². The fourth-order valence-electron chi connectivity index (χ4n) is 2.31. The topological polar surface area (TPSA) is 108 Å². The van der Waals surface area contributed by atoms with E-state index < -0.39 is 25.5 Å². The molecule has 0 fully saturated rings. The molecule has 1 heterocycles. The van der Waals surface area contributed by atoms with Gasteiger partial charge in [0.05, 0.1) is 11.0 Å². The number of halogens is 1. The molecule has 3 rings (SSSR count). The second-order valence-electron chi connectivity index (χ2n) is 5.14. The van der Waals surface area contributed by atoms with Gasteiger partial charge in [-0.1, -0.05) is 29.8 Å². The maximum Gasteiger partial charge on any atom is 0.293 e. The summed E-state index contributed by atoms with van der Waals surface area (Å²) in [5.74, 6) is 0.290. The van der Waals surface area contributed by atoms with Crippen molar-refractivity contribution in [3.8, 4) is 11.5 Å². The molecule has 25 heavy (non-hydrogen) atoms. The van der Waals surface area contributed by atoms with Crippen molar-refractivity contribution in [1.29, 1.82) is 0 Å². The molecular formula is C15H13ClN2O6S. The second kappa shape index (κ2) is 6.87. The molecule has 1 aliphatic rings. The van der Waals surface area contributed by atoms with Crippen molar-refractivity contribution in [2.45, 2.75) is 11.4 Å². The quantitative estimate of drug-likeness (QED) is 0.626. The molecule has 0 atom stereocenters. The first-order chi connectivity index (χ1) is 11.9. The molecule has 0 bridgehead atoms. The van der Waals surface area contributed by atoms with Crippen LogP contribution in [0.3, 0.4) is 0 Å². The smallest absolute Gasteiger partial charge is 0.293 e. The molecule has 1 N–H and O–H groups in total. The summed E-state index contributed by atoms with van der Waals surface area (Å²) < 4.78 is 38.0. The minimum absolute atomic E-state index is 0.104. The third kappa shape index (κ3) is 3.68. The summed E-state index contributed by atoms with van der Waals surface area (Å²) in [5, 5.41) is 11.7. The van der Waals surface area contributed by atoms with Crippen molar-refractivity contribution in [1.82, 2.24) is 4.72 Å². The molecule has 0 amide bonds. The van der Waals surface area contributed by atoms with Crippen molar-refractivity contribution in [2.75, 3.05) is 13.2 Å². The van der Waals surface area contributed by atoms with Gasteiger partial charge in [-0.2, -0.15) is 0 Å². The molecule has 0 unspecified atom stereocenters. The highest BCUT2D eigenvalue weighted by Crippen LogP contribution is 2.38. The highest BCUT2D eigenvalue weighted by Gasteiger charge is 2.30. The van der Waals surface area contributed by atoms with Crippen LogP contribution in [-0.4, -0.2) is 26.6 Å². The van der Waals surface area contributed by atoms with Gasteiger partial charge in [-0.25, -0.2) is 13.1 Å². The van der Waals surface area contributed by atoms with Crippen LogP contribution < -0.4 is 14.2 Å². The van der Waals surface area contributed by atoms with Gasteiger partial charge in [0.2, 0.25) is 10.0 Å². The van der Waals surface area contributed by atoms with Gasteiger partial charge >= 0.3 is 0 Å². The van der Waals surface area contributed by atoms with Gasteiger partial charge in [0.1, 0.15) is 13.2 Å². The predicted octanol–water partition coefficient (Wildman–Crippen LogP) is 2.50. The molecule has 8 nitrogen and oxygen atoms in total. The molecular weight excluding hydrogens is 372 g/mol. The first-order valence-electron chi connectivity index (χ1n) is 7.19. The van der Waals surface area contributed by atoms with E-state index in [1.807, 2.05) is 0 Å². The molecule has 10 heteroatoms. The highest BCUT2D eigenvalue weighted by atomic mass is 35.5. The Morgan fingerprint density at radius 1 is 1.16 bits per heavy atom. The number of fused-ring (bicyclic) bond motifs is 1. The monoisotopic (exact) mass is 384 g/mol. The number of benzene rings is 2. The van der Waals surface area contributed by atoms with Crippen LogP contribution in [0.1, 0.15) is 5.56 Å². The van der Waals surface area contributed by atoms with Crippen LogP contribution in [0.2, 0.25) is 5.02 Å². The second-order valence-corrected chi connectivity index (χ2v) is 7.28. The van der Waals surface area contributed by atoms with E-state index in [2.05, 4.69) is 4.72 Å². The lowest BCUT2D eigenvalue weighted by atomic mass is 10.2. The van der Waals surface area contributed by atoms with E-state index in [4.69, 9.17) is 21.1 Å². The summed E-state index contributed by atoms with van der Waals surface area (Å²) in [4.78, 5) is 10.0. The maximum atomic E-state index is 12.6. The maximum absolute atomic E-state index is 12.6. The Morgan fingerprint density at radius 3 is 2.44 bits per heavy atom. The van der Waals surface area contributed by atoms with Crippen molar-refractivity contribution in [3.63, 3.8) is 0 Å². The number of rotatable bonds is 5. The molecule has 0 aromatic heterocycles. The first kappa shape index (κ1) is 17.5. The molecule has 1 aliphatic heterocycles. The van der Waals surface area contributed by atoms with Gasteiger partial charge in [0.15, 0.2) is 16.4 Å². The summed E-state index contributed by atoms with van der Waals surface area (Å²) in [6, 6.07) is 8.86. The average molecular weight is 385 g/mol. The van der Waals surface area contributed by atoms with Crippen LogP contribution in [0.5, 0.6) is 11.5 Å². The third-order valence-corrected chi connectivity index (χ3v) is 5.32. The number of hydrogen-bond donors (Lipinski definition) is 1. The van der Waals surface area contributed by atoms with E-state index in [-0.39, 0.29) is 31.3 Å². The molecule has 2 aromatic rings. The lowest BCUT2D eigenvalue weighted by Gasteiger charge is -2.19. The Kier molecular flexibility index (Phi) is 4.80. The average Bonchev–Trinajstić information content (AvgIpc) is 2.60. The van der Waals surface area contributed by atoms with Gasteiger partial charge in [0, 0.05) is 17.6 Å². The minimum atomic E-state index is -4.17. The fraction of sp³-hybridized carbons (Fsp3) is 0.200. The van der Waals surface area contributed by atoms with Crippen LogP contribution in [-0.2, 0) is 16.6 Å². The number of sulfonamides is 1. The molecule has 0 radical (unpaired) electrons.